The van der Waals surface area contributed by atoms with E-state index in [9.17, 15) is 9.90 Å². The van der Waals surface area contributed by atoms with Crippen molar-refractivity contribution in [1.82, 2.24) is 19.9 Å². The van der Waals surface area contributed by atoms with Crippen molar-refractivity contribution in [2.24, 2.45) is 0 Å². The van der Waals surface area contributed by atoms with Crippen LogP contribution in [0.25, 0.3) is 11.4 Å². The molecule has 3 aromatic heterocycles. The van der Waals surface area contributed by atoms with Crippen LogP contribution in [0.2, 0.25) is 0 Å². The van der Waals surface area contributed by atoms with Crippen LogP contribution in [-0.4, -0.2) is 38.1 Å². The van der Waals surface area contributed by atoms with Crippen LogP contribution in [0, 0.1) is 0 Å². The van der Waals surface area contributed by atoms with Gasteiger partial charge in [-0.3, -0.25) is 9.78 Å². The predicted octanol–water partition coefficient (Wildman–Crippen LogP) is 2.27. The normalized spacial score (nSPS) is 21.2. The van der Waals surface area contributed by atoms with Gasteiger partial charge in [-0.1, -0.05) is 0 Å². The molecule has 8 heteroatoms. The summed E-state index contributed by atoms with van der Waals surface area (Å²) in [6, 6.07) is 3.76. The predicted molar refractivity (Wildman–Crippen MR) is 108 cm³/mol. The number of nitrogens with zero attached hydrogens (tertiary/aromatic N) is 4. The van der Waals surface area contributed by atoms with Gasteiger partial charge in [-0.2, -0.15) is 0 Å². The molecule has 28 heavy (non-hydrogen) atoms. The molecule has 7 nitrogen and oxygen atoms in total. The van der Waals surface area contributed by atoms with E-state index in [4.69, 9.17) is 4.98 Å². The third-order valence-corrected chi connectivity index (χ3v) is 6.81. The van der Waals surface area contributed by atoms with E-state index in [1.54, 1.807) is 23.7 Å². The van der Waals surface area contributed by atoms with E-state index in [0.29, 0.717) is 11.5 Å². The van der Waals surface area contributed by atoms with Gasteiger partial charge < -0.3 is 15.0 Å². The Morgan fingerprint density at radius 2 is 2.25 bits per heavy atom. The number of nitrogens with one attached hydrogen (secondary N) is 1. The van der Waals surface area contributed by atoms with Crippen molar-refractivity contribution in [2.45, 2.75) is 37.7 Å². The first kappa shape index (κ1) is 17.5. The van der Waals surface area contributed by atoms with E-state index in [0.717, 1.165) is 60.7 Å². The molecular weight excluding hydrogens is 374 g/mol. The number of hydrogen-bond donors (Lipinski definition) is 2. The van der Waals surface area contributed by atoms with Crippen molar-refractivity contribution >= 4 is 16.5 Å². The molecule has 0 aromatic carbocycles. The van der Waals surface area contributed by atoms with Crippen LogP contribution in [0.3, 0.4) is 0 Å². The van der Waals surface area contributed by atoms with Gasteiger partial charge in [0.1, 0.15) is 5.82 Å². The summed E-state index contributed by atoms with van der Waals surface area (Å²) >= 11 is 1.57. The molecule has 1 atom stereocenters. The number of aliphatic hydroxyl groups is 1. The highest BCUT2D eigenvalue weighted by Crippen LogP contribution is 2.44. The van der Waals surface area contributed by atoms with Crippen molar-refractivity contribution in [2.75, 3.05) is 18.0 Å². The molecule has 1 fully saturated rings. The van der Waals surface area contributed by atoms with E-state index >= 15 is 0 Å². The third-order valence-electron chi connectivity index (χ3n) is 5.86. The number of piperidine rings is 1. The molecule has 1 saturated heterocycles. The maximum absolute atomic E-state index is 12.8. The van der Waals surface area contributed by atoms with Gasteiger partial charge in [0.05, 0.1) is 18.0 Å². The van der Waals surface area contributed by atoms with Crippen LogP contribution < -0.4 is 10.5 Å². The lowest BCUT2D eigenvalue weighted by Gasteiger charge is -2.40. The number of fused-ring (bicyclic) bond motifs is 2. The number of H-pyrrole nitrogens is 1. The van der Waals surface area contributed by atoms with Crippen LogP contribution in [-0.2, 0) is 18.4 Å². The van der Waals surface area contributed by atoms with Crippen molar-refractivity contribution in [1.29, 1.82) is 0 Å². The fraction of sp³-hybridized carbons (Fsp3) is 0.400. The molecular formula is C20H21N5O2S. The standard InChI is InChI=1S/C20H21N5O2S/c26-10-14-11-28-19(22-14)25-8-2-5-20(12-25)6-4-15-16(20)23-17(24-18(15)27)13-3-1-7-21-9-13/h1,3,7,9,11,26H,2,4-6,8,10,12H2,(H,23,24,27). The van der Waals surface area contributed by atoms with Gasteiger partial charge in [-0.05, 0) is 37.8 Å². The highest BCUT2D eigenvalue weighted by Gasteiger charge is 2.45. The Bertz CT molecular complexity index is 1060. The van der Waals surface area contributed by atoms with E-state index < -0.39 is 0 Å². The fourth-order valence-corrected chi connectivity index (χ4v) is 5.34. The van der Waals surface area contributed by atoms with Crippen LogP contribution in [0.1, 0.15) is 36.2 Å². The van der Waals surface area contributed by atoms with Gasteiger partial charge in [0, 0.05) is 47.4 Å². The van der Waals surface area contributed by atoms with Crippen molar-refractivity contribution < 1.29 is 5.11 Å². The van der Waals surface area contributed by atoms with E-state index in [2.05, 4.69) is 19.9 Å². The lowest BCUT2D eigenvalue weighted by Crippen LogP contribution is -2.45. The molecule has 144 valence electrons. The summed E-state index contributed by atoms with van der Waals surface area (Å²) in [5.74, 6) is 0.590. The Morgan fingerprint density at radius 1 is 1.32 bits per heavy atom. The highest BCUT2D eigenvalue weighted by molar-refractivity contribution is 7.13. The second-order valence-electron chi connectivity index (χ2n) is 7.57. The summed E-state index contributed by atoms with van der Waals surface area (Å²) in [4.78, 5) is 31.6. The molecule has 0 bridgehead atoms. The zero-order valence-corrected chi connectivity index (χ0v) is 16.2. The van der Waals surface area contributed by atoms with Gasteiger partial charge >= 0.3 is 0 Å². The van der Waals surface area contributed by atoms with Crippen molar-refractivity contribution in [3.63, 3.8) is 0 Å². The number of pyridine rings is 1. The smallest absolute Gasteiger partial charge is 0.254 e. The van der Waals surface area contributed by atoms with Gasteiger partial charge in [0.15, 0.2) is 5.13 Å². The molecule has 4 heterocycles. The first-order valence-corrected chi connectivity index (χ1v) is 10.4. The topological polar surface area (TPSA) is 95.0 Å². The minimum Gasteiger partial charge on any atom is -0.390 e. The number of anilines is 1. The minimum absolute atomic E-state index is 0.0327. The average molecular weight is 395 g/mol. The van der Waals surface area contributed by atoms with Crippen LogP contribution in [0.4, 0.5) is 5.13 Å². The Balaban J connectivity index is 1.54. The van der Waals surface area contributed by atoms with Gasteiger partial charge in [0.2, 0.25) is 0 Å². The Labute approximate surface area is 166 Å². The number of aromatic amines is 1. The van der Waals surface area contributed by atoms with Gasteiger partial charge in [-0.25, -0.2) is 9.97 Å². The summed E-state index contributed by atoms with van der Waals surface area (Å²) < 4.78 is 0. The second kappa shape index (κ2) is 6.79. The molecule has 1 unspecified atom stereocenters. The van der Waals surface area contributed by atoms with Gasteiger partial charge in [-0.15, -0.1) is 11.3 Å². The summed E-state index contributed by atoms with van der Waals surface area (Å²) in [5, 5.41) is 12.2. The van der Waals surface area contributed by atoms with Crippen LogP contribution in [0.15, 0.2) is 34.7 Å². The largest absolute Gasteiger partial charge is 0.390 e. The lowest BCUT2D eigenvalue weighted by molar-refractivity contribution is 0.277. The quantitative estimate of drug-likeness (QED) is 0.706. The molecule has 2 N–H and O–H groups in total. The molecule has 0 amide bonds. The number of rotatable bonds is 3. The fourth-order valence-electron chi connectivity index (χ4n) is 4.50. The number of aromatic nitrogens is 4. The lowest BCUT2D eigenvalue weighted by atomic mass is 9.77. The molecule has 1 aliphatic carbocycles. The maximum Gasteiger partial charge on any atom is 0.254 e. The molecule has 5 rings (SSSR count). The molecule has 1 aliphatic heterocycles. The number of hydrogen-bond acceptors (Lipinski definition) is 7. The zero-order chi connectivity index (χ0) is 19.1. The highest BCUT2D eigenvalue weighted by atomic mass is 32.1. The van der Waals surface area contributed by atoms with E-state index in [1.807, 2.05) is 17.5 Å². The van der Waals surface area contributed by atoms with Crippen LogP contribution >= 0.6 is 11.3 Å². The maximum atomic E-state index is 12.8. The first-order chi connectivity index (χ1) is 13.7. The SMILES string of the molecule is O=c1[nH]c(-c2cccnc2)nc2c1CCC21CCCN(c2nc(CO)cs2)C1. The van der Waals surface area contributed by atoms with Crippen LogP contribution in [0.5, 0.6) is 0 Å². The summed E-state index contributed by atoms with van der Waals surface area (Å²) in [5.41, 5.74) is 3.15. The Kier molecular flexibility index (Phi) is 4.25. The van der Waals surface area contributed by atoms with E-state index in [-0.39, 0.29) is 17.6 Å². The molecule has 0 saturated carbocycles. The zero-order valence-electron chi connectivity index (χ0n) is 15.4. The van der Waals surface area contributed by atoms with Gasteiger partial charge in [0.25, 0.3) is 5.56 Å². The Hall–Kier alpha value is -2.58. The van der Waals surface area contributed by atoms with Crippen molar-refractivity contribution in [3.8, 4) is 11.4 Å². The van der Waals surface area contributed by atoms with E-state index in [1.165, 1.54) is 0 Å². The first-order valence-electron chi connectivity index (χ1n) is 9.53. The second-order valence-corrected chi connectivity index (χ2v) is 8.40. The van der Waals surface area contributed by atoms with Crippen molar-refractivity contribution in [3.05, 3.63) is 57.2 Å². The molecule has 3 aromatic rings. The number of thiazole rings is 1. The Morgan fingerprint density at radius 3 is 3.04 bits per heavy atom. The average Bonchev–Trinajstić information content (AvgIpc) is 3.35. The monoisotopic (exact) mass is 395 g/mol. The molecule has 1 spiro atoms. The molecule has 2 aliphatic rings. The molecule has 0 radical (unpaired) electrons. The summed E-state index contributed by atoms with van der Waals surface area (Å²) in [7, 11) is 0. The minimum atomic E-state index is -0.121. The summed E-state index contributed by atoms with van der Waals surface area (Å²) in [6.45, 7) is 1.71. The number of aliphatic hydroxyl groups excluding tert-OH is 1. The summed E-state index contributed by atoms with van der Waals surface area (Å²) in [6.07, 6.45) is 7.19. The third kappa shape index (κ3) is 2.84.